The van der Waals surface area contributed by atoms with Gasteiger partial charge < -0.3 is 56.4 Å². The quantitative estimate of drug-likeness (QED) is 0.0694. The Labute approximate surface area is 551 Å². The van der Waals surface area contributed by atoms with E-state index in [4.69, 9.17) is 51.5 Å². The molecule has 6 aliphatic rings. The number of cyclic esters (lactones) is 1. The van der Waals surface area contributed by atoms with Gasteiger partial charge in [-0.15, -0.1) is 0 Å². The van der Waals surface area contributed by atoms with Gasteiger partial charge in [-0.3, -0.25) is 4.79 Å². The Kier molecular flexibility index (Phi) is 23.4. The Morgan fingerprint density at radius 3 is 1.96 bits per heavy atom. The molecule has 498 valence electrons. The first-order valence-corrected chi connectivity index (χ1v) is 39.4. The topological polar surface area (TPSA) is 139 Å². The number of benzene rings is 2. The van der Waals surface area contributed by atoms with Crippen LogP contribution in [-0.2, 0) is 61.1 Å². The second kappa shape index (κ2) is 29.0. The maximum Gasteiger partial charge on any atom is 0.329 e. The Hall–Kier alpha value is -2.96. The molecule has 89 heavy (non-hydrogen) atoms. The van der Waals surface area contributed by atoms with Crippen molar-refractivity contribution in [1.29, 1.82) is 0 Å². The van der Waals surface area contributed by atoms with Crippen LogP contribution in [0.5, 0.6) is 0 Å². The highest BCUT2D eigenvalue weighted by Gasteiger charge is 2.57. The number of carbonyl (C=O) groups is 2. The van der Waals surface area contributed by atoms with Crippen LogP contribution in [0.1, 0.15) is 174 Å². The van der Waals surface area contributed by atoms with E-state index in [0.29, 0.717) is 51.0 Å². The van der Waals surface area contributed by atoms with Gasteiger partial charge in [0.1, 0.15) is 12.1 Å². The summed E-state index contributed by atoms with van der Waals surface area (Å²) in [4.78, 5) is 32.8. The smallest absolute Gasteiger partial charge is 0.329 e. The molecule has 0 aromatic heterocycles. The number of hydrogen-bond donors (Lipinski definition) is 0. The van der Waals surface area contributed by atoms with Gasteiger partial charge in [-0.2, -0.15) is 0 Å². The molecule has 1 aliphatic carbocycles. The highest BCUT2D eigenvalue weighted by molar-refractivity contribution is 14.1. The molecule has 4 fully saturated rings. The minimum Gasteiger partial charge on any atom is -0.456 e. The molecule has 0 unspecified atom stereocenters. The van der Waals surface area contributed by atoms with Crippen LogP contribution in [0.25, 0.3) is 0 Å². The predicted octanol–water partition coefficient (Wildman–Crippen LogP) is 14.5. The summed E-state index contributed by atoms with van der Waals surface area (Å²) in [5, 5.41) is 2.17. The van der Waals surface area contributed by atoms with Gasteiger partial charge in [0, 0.05) is 69.8 Å². The van der Waals surface area contributed by atoms with Crippen molar-refractivity contribution in [3.63, 3.8) is 0 Å². The van der Waals surface area contributed by atoms with Gasteiger partial charge in [0.15, 0.2) is 25.7 Å². The third-order valence-corrected chi connectivity index (χ3v) is 31.0. The molecular formula is C72H112INO13Si2. The molecule has 0 radical (unpaired) electrons. The Morgan fingerprint density at radius 2 is 1.36 bits per heavy atom. The maximum absolute atomic E-state index is 15.6. The van der Waals surface area contributed by atoms with Crippen LogP contribution >= 0.6 is 22.6 Å². The molecule has 5 heterocycles. The van der Waals surface area contributed by atoms with E-state index in [0.717, 1.165) is 44.1 Å². The third-order valence-electron chi connectivity index (χ3n) is 20.6. The van der Waals surface area contributed by atoms with E-state index in [1.807, 2.05) is 27.7 Å². The molecule has 17 heteroatoms. The van der Waals surface area contributed by atoms with Crippen LogP contribution in [0.15, 0.2) is 95.5 Å². The minimum absolute atomic E-state index is 0.0812. The lowest BCUT2D eigenvalue weighted by Gasteiger charge is -2.54. The van der Waals surface area contributed by atoms with Crippen LogP contribution in [0.4, 0.5) is 0 Å². The summed E-state index contributed by atoms with van der Waals surface area (Å²) < 4.78 is 76.6. The molecule has 8 rings (SSSR count). The van der Waals surface area contributed by atoms with Crippen molar-refractivity contribution >= 4 is 61.5 Å². The maximum atomic E-state index is 15.6. The van der Waals surface area contributed by atoms with Crippen LogP contribution < -0.4 is 10.4 Å². The number of alkyl halides is 1. The van der Waals surface area contributed by atoms with E-state index < -0.39 is 76.3 Å². The van der Waals surface area contributed by atoms with E-state index in [1.54, 1.807) is 26.2 Å². The number of carbonyl (C=O) groups excluding carboxylic acids is 2. The second-order valence-corrected chi connectivity index (χ2v) is 41.4. The number of allylic oxidation sites excluding steroid dienone is 3. The standard InChI is InChI=1S/C72H112INO13Si2/c1-46-37-47(2)39-59(78-17)64(86-88(19,20)68(6,7)8)60(79-18)41-49(4)63-65(84-70(12,13)83-63)66(75)74-36-28-27-33-56(74)67(76)81-62(50(5)61-44-72(87-71(14,15)82-61)52(38-46)43-53(73)45-80-72)48(3)40-51-34-35-57(58(42-51)77-16)85-89(69(9,10)11,54-29-23-21-24-30-54)55-31-25-22-26-32-55/h21-26,29-32,38,40,47,49-53,56-62,64H,27-28,33-37,39,41-45H2,1-20H3/b46-38+,48-40+/t47-,49+,50+,51-,52-,53-,56-,57+,58+,59-,60-,61-,62+,64+,72+/m0/s1. The number of ether oxygens (including phenoxy) is 9. The zero-order valence-corrected chi connectivity index (χ0v) is 62.0. The van der Waals surface area contributed by atoms with Gasteiger partial charge in [0.2, 0.25) is 11.5 Å². The molecule has 0 N–H and O–H groups in total. The highest BCUT2D eigenvalue weighted by atomic mass is 127. The number of nitrogens with zero attached hydrogens (tertiary/aromatic N) is 1. The fourth-order valence-corrected chi connectivity index (χ4v) is 21.9. The molecule has 14 nitrogen and oxygen atoms in total. The van der Waals surface area contributed by atoms with Gasteiger partial charge >= 0.3 is 5.97 Å². The number of esters is 1. The van der Waals surface area contributed by atoms with Crippen molar-refractivity contribution in [3.8, 4) is 0 Å². The fraction of sp³-hybridized carbons (Fsp3) is 0.722. The molecule has 2 aromatic carbocycles. The summed E-state index contributed by atoms with van der Waals surface area (Å²) in [6.45, 7) is 37.5. The second-order valence-electron chi connectivity index (χ2n) is 30.6. The Morgan fingerprint density at radius 1 is 0.742 bits per heavy atom. The highest BCUT2D eigenvalue weighted by Crippen LogP contribution is 2.50. The van der Waals surface area contributed by atoms with Crippen molar-refractivity contribution in [3.05, 3.63) is 95.5 Å². The molecule has 1 spiro atoms. The number of rotatable bonds is 11. The number of halogens is 1. The first-order chi connectivity index (χ1) is 41.7. The van der Waals surface area contributed by atoms with Crippen LogP contribution in [-0.4, -0.2) is 138 Å². The monoisotopic (exact) mass is 1380 g/mol. The van der Waals surface area contributed by atoms with Crippen LogP contribution in [0.2, 0.25) is 23.2 Å². The van der Waals surface area contributed by atoms with E-state index in [-0.39, 0.29) is 67.7 Å². The zero-order chi connectivity index (χ0) is 65.2. The normalized spacial score (nSPS) is 34.8. The molecule has 1 saturated carbocycles. The van der Waals surface area contributed by atoms with Crippen molar-refractivity contribution in [2.75, 3.05) is 34.5 Å². The molecular weight excluding hydrogens is 1270 g/mol. The minimum atomic E-state index is -2.91. The number of amides is 1. The van der Waals surface area contributed by atoms with Crippen LogP contribution in [0.3, 0.4) is 0 Å². The van der Waals surface area contributed by atoms with E-state index >= 15 is 9.59 Å². The first-order valence-electron chi connectivity index (χ1n) is 33.4. The largest absolute Gasteiger partial charge is 0.456 e. The summed E-state index contributed by atoms with van der Waals surface area (Å²) in [6, 6.07) is 20.7. The number of methoxy groups -OCH3 is 3. The third kappa shape index (κ3) is 16.4. The summed E-state index contributed by atoms with van der Waals surface area (Å²) in [6.07, 6.45) is 9.41. The van der Waals surface area contributed by atoms with Crippen molar-refractivity contribution < 1.29 is 61.1 Å². The summed E-state index contributed by atoms with van der Waals surface area (Å²) >= 11 is 2.53. The summed E-state index contributed by atoms with van der Waals surface area (Å²) in [5.41, 5.74) is 2.16. The lowest BCUT2D eigenvalue weighted by molar-refractivity contribution is -0.422. The van der Waals surface area contributed by atoms with Gasteiger partial charge in [0.25, 0.3) is 14.2 Å². The van der Waals surface area contributed by atoms with E-state index in [2.05, 4.69) is 185 Å². The number of fused-ring (bicyclic) bond motifs is 2. The van der Waals surface area contributed by atoms with Crippen LogP contribution in [0, 0.1) is 29.6 Å². The van der Waals surface area contributed by atoms with E-state index in [9.17, 15) is 0 Å². The lowest BCUT2D eigenvalue weighted by atomic mass is 9.79. The Bertz CT molecular complexity index is 2760. The van der Waals surface area contributed by atoms with Gasteiger partial charge in [-0.25, -0.2) is 4.79 Å². The van der Waals surface area contributed by atoms with Crippen molar-refractivity contribution in [2.45, 2.75) is 268 Å². The van der Waals surface area contributed by atoms with Crippen molar-refractivity contribution in [2.24, 2.45) is 29.6 Å². The molecule has 1 amide bonds. The van der Waals surface area contributed by atoms with Gasteiger partial charge in [0.05, 0.1) is 43.2 Å². The molecule has 2 aromatic rings. The first kappa shape index (κ1) is 71.9. The lowest BCUT2D eigenvalue weighted by Crippen LogP contribution is -2.68. The molecule has 15 atom stereocenters. The summed E-state index contributed by atoms with van der Waals surface area (Å²) in [7, 11) is -0.00713. The van der Waals surface area contributed by atoms with Gasteiger partial charge in [-0.05, 0) is 143 Å². The molecule has 2 bridgehead atoms. The average molecular weight is 1380 g/mol. The average Bonchev–Trinajstić information content (AvgIpc) is 2.42. The molecule has 3 saturated heterocycles. The summed E-state index contributed by atoms with van der Waals surface area (Å²) in [5.74, 6) is -4.11. The van der Waals surface area contributed by atoms with Crippen molar-refractivity contribution in [1.82, 2.24) is 4.90 Å². The Balaban J connectivity index is 1.20. The fourth-order valence-electron chi connectivity index (χ4n) is 15.1. The predicted molar refractivity (Wildman–Crippen MR) is 365 cm³/mol. The van der Waals surface area contributed by atoms with Gasteiger partial charge in [-0.1, -0.05) is 163 Å². The zero-order valence-electron chi connectivity index (χ0n) is 57.8. The number of hydrogen-bond acceptors (Lipinski definition) is 13. The SMILES string of the molecule is CO[C@H]1C[C@@H](C)C/C(C)=C/[C@H]2C[C@H](I)CO[C@@]23C[C@H](OC(C)(C)O3)[C@@H](C)[C@@H](/C(C)=C/[C@@H]2CC[C@@H](O[Si](c3ccccc3)(c3ccccc3)C(C)(C)C)[C@H](OC)C2)OC(=O)[C@@H]2CCCCN2C(=O)C2=C(OC(C)(C)O2)[C@H](C)C[C@H](OC)[C@@H]1O[Si](C)(C)C(C)(C)C. The van der Waals surface area contributed by atoms with E-state index in [1.165, 1.54) is 15.9 Å². The number of piperidine rings is 1. The molecule has 5 aliphatic heterocycles.